The first-order valence-electron chi connectivity index (χ1n) is 7.46. The summed E-state index contributed by atoms with van der Waals surface area (Å²) >= 11 is 0. The van der Waals surface area contributed by atoms with Crippen molar-refractivity contribution in [3.8, 4) is 0 Å². The molecule has 1 aromatic carbocycles. The number of likely N-dealkylation sites (N-methyl/N-ethyl adjacent to an activating group) is 1. The fraction of sp³-hybridized carbons (Fsp3) is 0.600. The average Bonchev–Trinajstić information content (AvgIpc) is 2.46. The van der Waals surface area contributed by atoms with Gasteiger partial charge in [0.1, 0.15) is 4.90 Å². The molecular weight excluding hydrogens is 286 g/mol. The molecule has 0 radical (unpaired) electrons. The van der Waals surface area contributed by atoms with Crippen LogP contribution in [0, 0.1) is 0 Å². The highest BCUT2D eigenvalue weighted by atomic mass is 32.2. The van der Waals surface area contributed by atoms with Crippen LogP contribution in [0.15, 0.2) is 29.2 Å². The maximum atomic E-state index is 12.5. The summed E-state index contributed by atoms with van der Waals surface area (Å²) in [5, 5.41) is 3.37. The van der Waals surface area contributed by atoms with Crippen LogP contribution >= 0.6 is 0 Å². The van der Waals surface area contributed by atoms with Crippen molar-refractivity contribution < 1.29 is 8.42 Å². The topological polar surface area (TPSA) is 61.4 Å². The number of anilines is 1. The number of para-hydroxylation sites is 1. The number of piperidine rings is 1. The minimum absolute atomic E-state index is 0.121. The molecule has 0 amide bonds. The Balaban J connectivity index is 2.32. The van der Waals surface area contributed by atoms with Gasteiger partial charge in [-0.1, -0.05) is 12.1 Å². The molecule has 2 rings (SSSR count). The molecular formula is C15H25N3O2S. The van der Waals surface area contributed by atoms with Gasteiger partial charge >= 0.3 is 0 Å². The number of nitrogens with zero attached hydrogens (tertiary/aromatic N) is 1. The molecule has 1 aromatic rings. The predicted octanol–water partition coefficient (Wildman–Crippen LogP) is 1.56. The van der Waals surface area contributed by atoms with E-state index in [0.717, 1.165) is 31.6 Å². The van der Waals surface area contributed by atoms with Gasteiger partial charge in [-0.15, -0.1) is 0 Å². The Morgan fingerprint density at radius 1 is 1.33 bits per heavy atom. The van der Waals surface area contributed by atoms with Crippen molar-refractivity contribution in [2.24, 2.45) is 0 Å². The van der Waals surface area contributed by atoms with E-state index in [-0.39, 0.29) is 6.04 Å². The Hall–Kier alpha value is -1.11. The molecule has 1 atom stereocenters. The summed E-state index contributed by atoms with van der Waals surface area (Å²) in [4.78, 5) is 2.44. The van der Waals surface area contributed by atoms with Crippen molar-refractivity contribution in [1.29, 1.82) is 0 Å². The second kappa shape index (κ2) is 6.77. The summed E-state index contributed by atoms with van der Waals surface area (Å²) in [5.41, 5.74) is 0.763. The fourth-order valence-corrected chi connectivity index (χ4v) is 4.20. The van der Waals surface area contributed by atoms with E-state index in [9.17, 15) is 8.42 Å². The van der Waals surface area contributed by atoms with Crippen LogP contribution in [0.25, 0.3) is 0 Å². The lowest BCUT2D eigenvalue weighted by Gasteiger charge is -2.34. The van der Waals surface area contributed by atoms with Crippen molar-refractivity contribution in [2.75, 3.05) is 25.0 Å². The summed E-state index contributed by atoms with van der Waals surface area (Å²) in [7, 11) is -1.51. The van der Waals surface area contributed by atoms with Crippen molar-refractivity contribution in [3.05, 3.63) is 24.3 Å². The van der Waals surface area contributed by atoms with E-state index < -0.39 is 10.0 Å². The molecule has 1 unspecified atom stereocenters. The zero-order chi connectivity index (χ0) is 15.5. The molecule has 1 aliphatic rings. The van der Waals surface area contributed by atoms with Gasteiger partial charge in [-0.2, -0.15) is 0 Å². The highest BCUT2D eigenvalue weighted by Gasteiger charge is 2.25. The van der Waals surface area contributed by atoms with Crippen LogP contribution in [-0.4, -0.2) is 40.6 Å². The normalized spacial score (nSPS) is 19.7. The number of nitrogens with one attached hydrogen (secondary N) is 2. The van der Waals surface area contributed by atoms with Gasteiger partial charge in [-0.3, -0.25) is 0 Å². The van der Waals surface area contributed by atoms with Gasteiger partial charge in [0, 0.05) is 25.7 Å². The fourth-order valence-electron chi connectivity index (χ4n) is 2.71. The molecule has 0 spiro atoms. The predicted molar refractivity (Wildman–Crippen MR) is 86.2 cm³/mol. The number of hydrogen-bond donors (Lipinski definition) is 2. The van der Waals surface area contributed by atoms with Crippen molar-refractivity contribution in [2.45, 2.75) is 43.7 Å². The third kappa shape index (κ3) is 3.96. The van der Waals surface area contributed by atoms with Crippen LogP contribution < -0.4 is 14.9 Å². The van der Waals surface area contributed by atoms with Crippen molar-refractivity contribution in [1.82, 2.24) is 10.0 Å². The van der Waals surface area contributed by atoms with Crippen LogP contribution in [0.3, 0.4) is 0 Å². The highest BCUT2D eigenvalue weighted by Crippen LogP contribution is 2.27. The van der Waals surface area contributed by atoms with Gasteiger partial charge in [0.05, 0.1) is 5.69 Å². The first kappa shape index (κ1) is 16.3. The average molecular weight is 311 g/mol. The molecule has 2 N–H and O–H groups in total. The summed E-state index contributed by atoms with van der Waals surface area (Å²) in [6.45, 7) is 5.59. The van der Waals surface area contributed by atoms with E-state index >= 15 is 0 Å². The molecule has 118 valence electrons. The Labute approximate surface area is 127 Å². The lowest BCUT2D eigenvalue weighted by molar-refractivity contribution is 0.443. The smallest absolute Gasteiger partial charge is 0.242 e. The zero-order valence-corrected chi connectivity index (χ0v) is 13.8. The van der Waals surface area contributed by atoms with Crippen LogP contribution in [0.2, 0.25) is 0 Å². The number of hydrogen-bond acceptors (Lipinski definition) is 4. The second-order valence-corrected chi connectivity index (χ2v) is 7.54. The van der Waals surface area contributed by atoms with Gasteiger partial charge < -0.3 is 10.2 Å². The second-order valence-electron chi connectivity index (χ2n) is 5.85. The first-order valence-corrected chi connectivity index (χ1v) is 8.95. The molecule has 0 bridgehead atoms. The molecule has 1 heterocycles. The maximum absolute atomic E-state index is 12.5. The van der Waals surface area contributed by atoms with Gasteiger partial charge in [0.15, 0.2) is 0 Å². The van der Waals surface area contributed by atoms with E-state index in [1.54, 1.807) is 12.1 Å². The minimum atomic E-state index is -3.49. The monoisotopic (exact) mass is 311 g/mol. The van der Waals surface area contributed by atoms with Crippen molar-refractivity contribution in [3.63, 3.8) is 0 Å². The number of rotatable bonds is 5. The molecule has 1 fully saturated rings. The van der Waals surface area contributed by atoms with E-state index in [1.807, 2.05) is 33.0 Å². The van der Waals surface area contributed by atoms with Crippen LogP contribution in [0.4, 0.5) is 5.69 Å². The van der Waals surface area contributed by atoms with Crippen LogP contribution in [0.1, 0.15) is 26.7 Å². The Morgan fingerprint density at radius 2 is 2.05 bits per heavy atom. The van der Waals surface area contributed by atoms with Gasteiger partial charge in [-0.05, 0) is 45.4 Å². The number of benzene rings is 1. The van der Waals surface area contributed by atoms with Crippen molar-refractivity contribution >= 4 is 15.7 Å². The molecule has 1 saturated heterocycles. The lowest BCUT2D eigenvalue weighted by Crippen LogP contribution is -2.45. The molecule has 0 saturated carbocycles. The summed E-state index contributed by atoms with van der Waals surface area (Å²) < 4.78 is 27.7. The molecule has 21 heavy (non-hydrogen) atoms. The minimum Gasteiger partial charge on any atom is -0.369 e. The van der Waals surface area contributed by atoms with E-state index in [4.69, 9.17) is 0 Å². The van der Waals surface area contributed by atoms with Gasteiger partial charge in [-0.25, -0.2) is 13.1 Å². The number of sulfonamides is 1. The lowest BCUT2D eigenvalue weighted by atomic mass is 10.1. The summed E-state index contributed by atoms with van der Waals surface area (Å²) in [6.07, 6.45) is 2.20. The van der Waals surface area contributed by atoms with E-state index in [1.165, 1.54) is 0 Å². The summed E-state index contributed by atoms with van der Waals surface area (Å²) in [6, 6.07) is 7.41. The molecule has 0 aromatic heterocycles. The molecule has 1 aliphatic heterocycles. The van der Waals surface area contributed by atoms with Crippen LogP contribution in [0.5, 0.6) is 0 Å². The van der Waals surface area contributed by atoms with E-state index in [0.29, 0.717) is 10.9 Å². The third-order valence-corrected chi connectivity index (χ3v) is 5.45. The Kier molecular flexibility index (Phi) is 5.24. The molecule has 0 aliphatic carbocycles. The Morgan fingerprint density at radius 3 is 2.67 bits per heavy atom. The van der Waals surface area contributed by atoms with Gasteiger partial charge in [0.25, 0.3) is 0 Å². The third-order valence-electron chi connectivity index (χ3n) is 3.74. The first-order chi connectivity index (χ1) is 9.92. The molecule has 6 heteroatoms. The molecule has 5 nitrogen and oxygen atoms in total. The van der Waals surface area contributed by atoms with Gasteiger partial charge in [0.2, 0.25) is 10.0 Å². The Bertz CT molecular complexity index is 566. The van der Waals surface area contributed by atoms with E-state index in [2.05, 4.69) is 14.9 Å². The zero-order valence-electron chi connectivity index (χ0n) is 13.0. The maximum Gasteiger partial charge on any atom is 0.242 e. The summed E-state index contributed by atoms with van der Waals surface area (Å²) in [5.74, 6) is 0. The SMILES string of the molecule is CC(C)NS(=O)(=O)c1ccccc1N(C)C1CCCNC1. The largest absolute Gasteiger partial charge is 0.369 e. The standard InChI is InChI=1S/C15H25N3O2S/c1-12(2)17-21(19,20)15-9-5-4-8-14(15)18(3)13-7-6-10-16-11-13/h4-5,8-9,12-13,16-17H,6-7,10-11H2,1-3H3. The quantitative estimate of drug-likeness (QED) is 0.866. The highest BCUT2D eigenvalue weighted by molar-refractivity contribution is 7.89. The van der Waals surface area contributed by atoms with Crippen LogP contribution in [-0.2, 0) is 10.0 Å².